The van der Waals surface area contributed by atoms with Crippen LogP contribution in [0.1, 0.15) is 263 Å². The van der Waals surface area contributed by atoms with E-state index in [-0.39, 0.29) is 34.3 Å². The fraction of sp³-hybridized carbons (Fsp3) is 0.629. The van der Waals surface area contributed by atoms with Crippen molar-refractivity contribution in [1.29, 1.82) is 0 Å². The molecule has 2 aliphatic rings. The van der Waals surface area contributed by atoms with Gasteiger partial charge in [-0.15, -0.1) is 0 Å². The molecule has 0 aromatic heterocycles. The predicted molar refractivity (Wildman–Crippen MR) is 324 cm³/mol. The molecule has 6 heteroatoms. The SMILES string of the molecule is CCCCCCCCCCCCCCC(=O)OC1CC(C)(C)C(/C=C/C(C)=C/C=C/C(C)=C/C=C/C=C(C)/C=C/C=C(C)/C=C/C2=C(C)C(=O)C(OC(=O)CCCCCCCCCCCCCC)CC2(C)C)=C(C)C1=O. The third-order valence-electron chi connectivity index (χ3n) is 15.3. The first-order valence-corrected chi connectivity index (χ1v) is 30.3. The van der Waals surface area contributed by atoms with Crippen LogP contribution in [-0.2, 0) is 28.7 Å². The van der Waals surface area contributed by atoms with Crippen LogP contribution in [0.5, 0.6) is 0 Å². The highest BCUT2D eigenvalue weighted by atomic mass is 16.6. The number of rotatable bonds is 38. The van der Waals surface area contributed by atoms with Crippen molar-refractivity contribution in [1.82, 2.24) is 0 Å². The maximum Gasteiger partial charge on any atom is 0.306 e. The number of carbonyl (C=O) groups is 4. The molecule has 0 spiro atoms. The Morgan fingerprint density at radius 1 is 0.421 bits per heavy atom. The lowest BCUT2D eigenvalue weighted by Crippen LogP contribution is -2.39. The number of Topliss-reactive ketones (excluding diaryl/α,β-unsaturated/α-hetero) is 2. The van der Waals surface area contributed by atoms with Gasteiger partial charge in [0.2, 0.25) is 0 Å². The first kappa shape index (κ1) is 67.5. The molecule has 2 rings (SSSR count). The molecule has 0 bridgehead atoms. The van der Waals surface area contributed by atoms with Gasteiger partial charge in [-0.25, -0.2) is 0 Å². The molecule has 6 nitrogen and oxygen atoms in total. The molecule has 0 aliphatic heterocycles. The van der Waals surface area contributed by atoms with Crippen molar-refractivity contribution in [3.05, 3.63) is 130 Å². The van der Waals surface area contributed by atoms with Gasteiger partial charge in [-0.2, -0.15) is 0 Å². The normalized spacial score (nSPS) is 19.1. The molecule has 2 atom stereocenters. The zero-order chi connectivity index (χ0) is 56.2. The van der Waals surface area contributed by atoms with Gasteiger partial charge in [0.05, 0.1) is 0 Å². The fourth-order valence-corrected chi connectivity index (χ4v) is 10.4. The van der Waals surface area contributed by atoms with Gasteiger partial charge in [-0.3, -0.25) is 19.2 Å². The second-order valence-corrected chi connectivity index (χ2v) is 23.6. The summed E-state index contributed by atoms with van der Waals surface area (Å²) >= 11 is 0. The van der Waals surface area contributed by atoms with E-state index in [0.717, 1.165) is 72.0 Å². The van der Waals surface area contributed by atoms with E-state index in [1.807, 2.05) is 38.2 Å². The van der Waals surface area contributed by atoms with Crippen molar-refractivity contribution in [2.45, 2.75) is 275 Å². The van der Waals surface area contributed by atoms with Crippen LogP contribution in [0.3, 0.4) is 0 Å². The number of ether oxygens (including phenoxy) is 2. The lowest BCUT2D eigenvalue weighted by Gasteiger charge is -2.36. The Balaban J connectivity index is 1.80. The highest BCUT2D eigenvalue weighted by Crippen LogP contribution is 2.42. The van der Waals surface area contributed by atoms with Crippen LogP contribution in [0.15, 0.2) is 130 Å². The largest absolute Gasteiger partial charge is 0.454 e. The van der Waals surface area contributed by atoms with Crippen LogP contribution >= 0.6 is 0 Å². The summed E-state index contributed by atoms with van der Waals surface area (Å²) in [5, 5.41) is 0. The third-order valence-corrected chi connectivity index (χ3v) is 15.3. The minimum atomic E-state index is -0.718. The van der Waals surface area contributed by atoms with Crippen molar-refractivity contribution in [3.8, 4) is 0 Å². The number of hydrogen-bond donors (Lipinski definition) is 0. The van der Waals surface area contributed by atoms with E-state index in [0.29, 0.717) is 36.8 Å². The maximum absolute atomic E-state index is 13.4. The summed E-state index contributed by atoms with van der Waals surface area (Å²) in [4.78, 5) is 52.3. The second kappa shape index (κ2) is 38.9. The Kier molecular flexibility index (Phi) is 34.6. The van der Waals surface area contributed by atoms with Gasteiger partial charge in [0.25, 0.3) is 0 Å². The molecule has 0 fully saturated rings. The van der Waals surface area contributed by atoms with E-state index in [1.165, 1.54) is 116 Å². The number of ketones is 2. The Morgan fingerprint density at radius 3 is 0.987 bits per heavy atom. The molecule has 0 aromatic carbocycles. The molecule has 0 N–H and O–H groups in total. The van der Waals surface area contributed by atoms with Gasteiger partial charge in [-0.05, 0) is 87.5 Å². The number of unbranched alkanes of at least 4 members (excludes halogenated alkanes) is 22. The van der Waals surface area contributed by atoms with E-state index in [1.54, 1.807) is 0 Å². The minimum absolute atomic E-state index is 0.0854. The number of hydrogen-bond acceptors (Lipinski definition) is 6. The van der Waals surface area contributed by atoms with Gasteiger partial charge in [0.1, 0.15) is 0 Å². The smallest absolute Gasteiger partial charge is 0.306 e. The van der Waals surface area contributed by atoms with Gasteiger partial charge >= 0.3 is 11.9 Å². The zero-order valence-corrected chi connectivity index (χ0v) is 50.5. The average molecular weight is 1050 g/mol. The van der Waals surface area contributed by atoms with Crippen LogP contribution in [0, 0.1) is 10.8 Å². The third kappa shape index (κ3) is 28.7. The Hall–Kier alpha value is -4.58. The number of esters is 2. The summed E-state index contributed by atoms with van der Waals surface area (Å²) < 4.78 is 11.6. The van der Waals surface area contributed by atoms with Crippen LogP contribution in [0.2, 0.25) is 0 Å². The van der Waals surface area contributed by atoms with E-state index in [4.69, 9.17) is 9.47 Å². The predicted octanol–water partition coefficient (Wildman–Crippen LogP) is 20.2. The summed E-state index contributed by atoms with van der Waals surface area (Å²) in [5.41, 5.74) is 7.07. The average Bonchev–Trinajstić information content (AvgIpc) is 3.36. The van der Waals surface area contributed by atoms with Crippen LogP contribution in [0.4, 0.5) is 0 Å². The van der Waals surface area contributed by atoms with Crippen LogP contribution in [0.25, 0.3) is 0 Å². The summed E-state index contributed by atoms with van der Waals surface area (Å²) in [5.74, 6) is -0.685. The Labute approximate surface area is 465 Å². The maximum atomic E-state index is 13.4. The topological polar surface area (TPSA) is 86.7 Å². The van der Waals surface area contributed by atoms with Crippen LogP contribution < -0.4 is 0 Å². The lowest BCUT2D eigenvalue weighted by atomic mass is 9.71. The highest BCUT2D eigenvalue weighted by Gasteiger charge is 2.41. The Morgan fingerprint density at radius 2 is 0.684 bits per heavy atom. The van der Waals surface area contributed by atoms with Gasteiger partial charge in [0.15, 0.2) is 23.8 Å². The van der Waals surface area contributed by atoms with E-state index in [9.17, 15) is 19.2 Å². The van der Waals surface area contributed by atoms with Crippen molar-refractivity contribution in [2.75, 3.05) is 0 Å². The summed E-state index contributed by atoms with van der Waals surface area (Å²) in [6, 6.07) is 0. The van der Waals surface area contributed by atoms with Gasteiger partial charge in [0, 0.05) is 25.7 Å². The second-order valence-electron chi connectivity index (χ2n) is 23.6. The summed E-state index contributed by atoms with van der Waals surface area (Å²) in [6.07, 6.45) is 58.9. The molecule has 0 aromatic rings. The molecule has 0 radical (unpaired) electrons. The zero-order valence-electron chi connectivity index (χ0n) is 50.5. The first-order valence-electron chi connectivity index (χ1n) is 30.3. The Bertz CT molecular complexity index is 1980. The lowest BCUT2D eigenvalue weighted by molar-refractivity contribution is -0.156. The molecule has 0 heterocycles. The quantitative estimate of drug-likeness (QED) is 0.0348. The van der Waals surface area contributed by atoms with E-state index in [2.05, 4.69) is 130 Å². The van der Waals surface area contributed by atoms with Crippen molar-refractivity contribution >= 4 is 23.5 Å². The monoisotopic (exact) mass is 1040 g/mol. The first-order chi connectivity index (χ1) is 36.3. The minimum Gasteiger partial charge on any atom is -0.454 e. The molecule has 0 saturated heterocycles. The number of allylic oxidation sites excluding steroid dienone is 20. The van der Waals surface area contributed by atoms with Gasteiger partial charge in [-0.1, -0.05) is 290 Å². The van der Waals surface area contributed by atoms with Crippen molar-refractivity contribution < 1.29 is 28.7 Å². The van der Waals surface area contributed by atoms with E-state index >= 15 is 0 Å². The van der Waals surface area contributed by atoms with Crippen molar-refractivity contribution in [2.24, 2.45) is 10.8 Å². The summed E-state index contributed by atoms with van der Waals surface area (Å²) in [7, 11) is 0. The van der Waals surface area contributed by atoms with E-state index < -0.39 is 12.2 Å². The summed E-state index contributed by atoms with van der Waals surface area (Å²) in [6.45, 7) is 25.0. The van der Waals surface area contributed by atoms with Crippen LogP contribution in [-0.4, -0.2) is 35.7 Å². The number of carbonyl (C=O) groups excluding carboxylic acids is 4. The fourth-order valence-electron chi connectivity index (χ4n) is 10.4. The molecule has 2 unspecified atom stereocenters. The molecular formula is C70H108O6. The van der Waals surface area contributed by atoms with Crippen molar-refractivity contribution in [3.63, 3.8) is 0 Å². The molecule has 0 saturated carbocycles. The molecule has 2 aliphatic carbocycles. The molecule has 0 amide bonds. The molecule has 424 valence electrons. The standard InChI is InChI=1S/C70H108O6/c1-13-15-17-19-21-23-25-27-29-31-33-35-47-65(71)75-63-53-69(9,10)61(59(7)67(63)73)51-49-57(5)45-39-43-55(3)41-37-38-42-56(4)44-40-46-58(6)50-52-62-60(8)68(74)64(54-70(62,11)12)76-66(72)48-36-34-32-30-28-26-24-22-20-18-16-14-2/h37-46,49-52,63-64H,13-36,47-48,53-54H2,1-12H3/b38-37+,43-39+,44-40+,51-49+,52-50+,55-41+,56-42+,57-45+,58-46+. The van der Waals surface area contributed by atoms with Gasteiger partial charge < -0.3 is 9.47 Å². The highest BCUT2D eigenvalue weighted by molar-refractivity contribution is 6.02. The molecular weight excluding hydrogens is 937 g/mol. The molecule has 76 heavy (non-hydrogen) atoms.